The molecule has 3 aromatic rings. The molecular weight excluding hydrogens is 503 g/mol. The van der Waals surface area contributed by atoms with E-state index < -0.39 is 23.8 Å². The van der Waals surface area contributed by atoms with Crippen LogP contribution in [-0.2, 0) is 16.0 Å². The van der Waals surface area contributed by atoms with Crippen LogP contribution < -0.4 is 9.64 Å². The number of anilines is 1. The molecule has 3 aromatic carbocycles. The zero-order valence-electron chi connectivity index (χ0n) is 17.3. The van der Waals surface area contributed by atoms with Crippen LogP contribution in [0, 0.1) is 0 Å². The summed E-state index contributed by atoms with van der Waals surface area (Å²) in [4.78, 5) is 51.6. The van der Waals surface area contributed by atoms with Crippen LogP contribution in [0.15, 0.2) is 66.7 Å². The van der Waals surface area contributed by atoms with E-state index in [-0.39, 0.29) is 43.6 Å². The van der Waals surface area contributed by atoms with Gasteiger partial charge in [-0.3, -0.25) is 14.4 Å². The van der Waals surface area contributed by atoms with E-state index in [1.165, 1.54) is 30.3 Å². The molecule has 0 bridgehead atoms. The van der Waals surface area contributed by atoms with Crippen LogP contribution in [0.4, 0.5) is 10.5 Å². The first-order valence-electron chi connectivity index (χ1n) is 9.96. The first-order chi connectivity index (χ1) is 16.3. The van der Waals surface area contributed by atoms with Crippen molar-refractivity contribution >= 4 is 64.2 Å². The van der Waals surface area contributed by atoms with Gasteiger partial charge in [0.15, 0.2) is 5.75 Å². The maximum Gasteiger partial charge on any atom is 0.346 e. The number of amides is 5. The number of carbonyl (C=O) groups is 4. The highest BCUT2D eigenvalue weighted by atomic mass is 35.5. The van der Waals surface area contributed by atoms with Gasteiger partial charge < -0.3 is 4.74 Å². The zero-order chi connectivity index (χ0) is 24.4. The number of rotatable bonds is 6. The minimum Gasteiger partial charge on any atom is -0.490 e. The van der Waals surface area contributed by atoms with Crippen molar-refractivity contribution in [3.8, 4) is 5.75 Å². The Morgan fingerprint density at radius 3 is 2.06 bits per heavy atom. The molecule has 7 nitrogen and oxygen atoms in total. The molecular formula is C24H15Cl3N2O5. The van der Waals surface area contributed by atoms with Crippen molar-refractivity contribution in [1.29, 1.82) is 0 Å². The highest BCUT2D eigenvalue weighted by Crippen LogP contribution is 2.38. The highest BCUT2D eigenvalue weighted by Gasteiger charge is 2.49. The molecule has 5 amide bonds. The SMILES string of the molecule is O=C1C(=O)N(c2cc(Cl)c(OCCc3ccccc3)c(Cl)c2)C(=O)N1C(=O)c1ccccc1Cl. The predicted octanol–water partition coefficient (Wildman–Crippen LogP) is 5.40. The molecule has 0 atom stereocenters. The molecule has 34 heavy (non-hydrogen) atoms. The van der Waals surface area contributed by atoms with E-state index in [1.807, 2.05) is 30.3 Å². The third-order valence-electron chi connectivity index (χ3n) is 5.00. The van der Waals surface area contributed by atoms with Crippen molar-refractivity contribution in [2.45, 2.75) is 6.42 Å². The standard InChI is InChI=1S/C24H15Cl3N2O5/c25-17-9-5-4-8-16(17)21(30)29-23(32)22(31)28(24(29)33)15-12-18(26)20(19(27)13-15)34-11-10-14-6-2-1-3-7-14/h1-9,12-13H,10-11H2. The number of imide groups is 4. The summed E-state index contributed by atoms with van der Waals surface area (Å²) in [7, 11) is 0. The topological polar surface area (TPSA) is 84.0 Å². The Morgan fingerprint density at radius 1 is 0.794 bits per heavy atom. The summed E-state index contributed by atoms with van der Waals surface area (Å²) in [6, 6.07) is 16.9. The number of halogens is 3. The molecule has 0 radical (unpaired) electrons. The minimum atomic E-state index is -1.31. The summed E-state index contributed by atoms with van der Waals surface area (Å²) >= 11 is 18.6. The molecule has 0 aromatic heterocycles. The first-order valence-corrected chi connectivity index (χ1v) is 11.1. The minimum absolute atomic E-state index is 0.0273. The third-order valence-corrected chi connectivity index (χ3v) is 5.89. The van der Waals surface area contributed by atoms with Gasteiger partial charge in [0.2, 0.25) is 0 Å². The van der Waals surface area contributed by atoms with E-state index in [2.05, 4.69) is 0 Å². The van der Waals surface area contributed by atoms with Crippen LogP contribution in [0.1, 0.15) is 15.9 Å². The number of hydrogen-bond acceptors (Lipinski definition) is 5. The molecule has 4 rings (SSSR count). The van der Waals surface area contributed by atoms with Crippen LogP contribution in [0.3, 0.4) is 0 Å². The van der Waals surface area contributed by atoms with Crippen LogP contribution in [0.5, 0.6) is 5.75 Å². The van der Waals surface area contributed by atoms with Gasteiger partial charge in [0, 0.05) is 6.42 Å². The zero-order valence-corrected chi connectivity index (χ0v) is 19.6. The molecule has 10 heteroatoms. The summed E-state index contributed by atoms with van der Waals surface area (Å²) in [6.07, 6.45) is 0.603. The van der Waals surface area contributed by atoms with Crippen LogP contribution in [0.2, 0.25) is 15.1 Å². The van der Waals surface area contributed by atoms with Crippen molar-refractivity contribution < 1.29 is 23.9 Å². The van der Waals surface area contributed by atoms with Crippen LogP contribution in [0.25, 0.3) is 0 Å². The number of hydrogen-bond donors (Lipinski definition) is 0. The van der Waals surface area contributed by atoms with Gasteiger partial charge in [-0.05, 0) is 29.8 Å². The fraction of sp³-hybridized carbons (Fsp3) is 0.0833. The van der Waals surface area contributed by atoms with Gasteiger partial charge >= 0.3 is 17.8 Å². The second-order valence-electron chi connectivity index (χ2n) is 7.17. The van der Waals surface area contributed by atoms with Crippen molar-refractivity contribution in [2.24, 2.45) is 0 Å². The van der Waals surface area contributed by atoms with Crippen LogP contribution in [-0.4, -0.2) is 35.3 Å². The largest absolute Gasteiger partial charge is 0.490 e. The first kappa shape index (κ1) is 23.8. The molecule has 0 aliphatic carbocycles. The number of urea groups is 1. The summed E-state index contributed by atoms with van der Waals surface area (Å²) in [6.45, 7) is 0.281. The Hall–Kier alpha value is -3.39. The number of benzene rings is 3. The van der Waals surface area contributed by atoms with E-state index in [0.717, 1.165) is 5.56 Å². The lowest BCUT2D eigenvalue weighted by Gasteiger charge is -2.17. The molecule has 0 spiro atoms. The summed E-state index contributed by atoms with van der Waals surface area (Å²) in [5.74, 6) is -3.40. The van der Waals surface area contributed by atoms with Gasteiger partial charge in [-0.1, -0.05) is 77.3 Å². The Kier molecular flexibility index (Phi) is 6.88. The monoisotopic (exact) mass is 516 g/mol. The molecule has 1 fully saturated rings. The highest BCUT2D eigenvalue weighted by molar-refractivity contribution is 6.56. The lowest BCUT2D eigenvalue weighted by Crippen LogP contribution is -2.38. The van der Waals surface area contributed by atoms with Crippen molar-refractivity contribution in [3.63, 3.8) is 0 Å². The number of ether oxygens (including phenoxy) is 1. The summed E-state index contributed by atoms with van der Waals surface area (Å²) < 4.78 is 5.70. The molecule has 1 aliphatic rings. The van der Waals surface area contributed by atoms with Crippen LogP contribution >= 0.6 is 34.8 Å². The summed E-state index contributed by atoms with van der Waals surface area (Å²) in [5.41, 5.74) is 0.878. The smallest absolute Gasteiger partial charge is 0.346 e. The maximum atomic E-state index is 12.9. The summed E-state index contributed by atoms with van der Waals surface area (Å²) in [5, 5.41) is 0.0843. The second-order valence-corrected chi connectivity index (χ2v) is 8.39. The number of carbonyl (C=O) groups excluding carboxylic acids is 4. The van der Waals surface area contributed by atoms with Gasteiger partial charge in [0.05, 0.1) is 32.9 Å². The predicted molar refractivity (Wildman–Crippen MR) is 128 cm³/mol. The Labute approximate surface area is 209 Å². The maximum absolute atomic E-state index is 12.9. The fourth-order valence-corrected chi connectivity index (χ4v) is 4.16. The van der Waals surface area contributed by atoms with Crippen molar-refractivity contribution in [3.05, 3.63) is 92.9 Å². The molecule has 172 valence electrons. The fourth-order valence-electron chi connectivity index (χ4n) is 3.36. The lowest BCUT2D eigenvalue weighted by atomic mass is 10.2. The molecule has 1 aliphatic heterocycles. The van der Waals surface area contributed by atoms with E-state index in [9.17, 15) is 19.2 Å². The van der Waals surface area contributed by atoms with E-state index >= 15 is 0 Å². The Bertz CT molecular complexity index is 1290. The average molecular weight is 518 g/mol. The van der Waals surface area contributed by atoms with Gasteiger partial charge in [-0.25, -0.2) is 9.69 Å². The molecule has 0 N–H and O–H groups in total. The van der Waals surface area contributed by atoms with E-state index in [0.29, 0.717) is 11.3 Å². The van der Waals surface area contributed by atoms with Crippen molar-refractivity contribution in [2.75, 3.05) is 11.5 Å². The quantitative estimate of drug-likeness (QED) is 0.248. The van der Waals surface area contributed by atoms with E-state index in [1.54, 1.807) is 6.07 Å². The average Bonchev–Trinajstić information content (AvgIpc) is 3.04. The van der Waals surface area contributed by atoms with E-state index in [4.69, 9.17) is 39.5 Å². The second kappa shape index (κ2) is 9.85. The molecule has 0 saturated carbocycles. The van der Waals surface area contributed by atoms with Gasteiger partial charge in [0.1, 0.15) is 0 Å². The third kappa shape index (κ3) is 4.50. The Morgan fingerprint density at radius 2 is 1.41 bits per heavy atom. The van der Waals surface area contributed by atoms with Gasteiger partial charge in [0.25, 0.3) is 5.91 Å². The molecule has 0 unspecified atom stereocenters. The normalized spacial score (nSPS) is 13.6. The lowest BCUT2D eigenvalue weighted by molar-refractivity contribution is -0.138. The van der Waals surface area contributed by atoms with Gasteiger partial charge in [-0.2, -0.15) is 4.90 Å². The van der Waals surface area contributed by atoms with Gasteiger partial charge in [-0.15, -0.1) is 0 Å². The molecule has 1 saturated heterocycles. The van der Waals surface area contributed by atoms with Crippen molar-refractivity contribution in [1.82, 2.24) is 4.90 Å². The Balaban J connectivity index is 1.56. The number of nitrogens with zero attached hydrogens (tertiary/aromatic N) is 2. The molecule has 1 heterocycles.